The Hall–Kier alpha value is -9.83. The molecule has 0 amide bonds. The first-order valence-corrected chi connectivity index (χ1v) is 25.5. The molecule has 9 rings (SSSR count). The van der Waals surface area contributed by atoms with Crippen LogP contribution in [-0.2, 0) is 32.2 Å². The van der Waals surface area contributed by atoms with Gasteiger partial charge in [0.05, 0.1) is 73.9 Å². The smallest absolute Gasteiger partial charge is 0.127 e. The molecule has 0 fully saturated rings. The Morgan fingerprint density at radius 1 is 0.350 bits per heavy atom. The molecule has 16 heteroatoms. The van der Waals surface area contributed by atoms with Crippen LogP contribution in [0.3, 0.4) is 0 Å². The van der Waals surface area contributed by atoms with E-state index >= 15 is 0 Å². The van der Waals surface area contributed by atoms with Crippen LogP contribution in [0.1, 0.15) is 66.8 Å². The van der Waals surface area contributed by atoms with Crippen molar-refractivity contribution >= 4 is 41.4 Å². The van der Waals surface area contributed by atoms with Gasteiger partial charge in [0.2, 0.25) is 0 Å². The number of fused-ring (bicyclic) bond motifs is 8. The molecule has 0 aliphatic heterocycles. The van der Waals surface area contributed by atoms with E-state index in [0.29, 0.717) is 136 Å². The van der Waals surface area contributed by atoms with Crippen LogP contribution in [-0.4, -0.2) is 95.9 Å². The maximum Gasteiger partial charge on any atom is 0.127 e. The second kappa shape index (κ2) is 24.7. The number of hydrogen-bond donors (Lipinski definition) is 5. The average Bonchev–Trinajstić information content (AvgIpc) is 3.53. The number of nitrogens with one attached hydrogen (secondary N) is 1. The Bertz CT molecular complexity index is 3520. The predicted molar refractivity (Wildman–Crippen MR) is 311 cm³/mol. The molecule has 8 aromatic rings. The highest BCUT2D eigenvalue weighted by Gasteiger charge is 2.23. The molecule has 16 nitrogen and oxygen atoms in total. The summed E-state index contributed by atoms with van der Waals surface area (Å²) in [7, 11) is 12.7. The molecule has 0 radical (unpaired) electrons. The molecule has 5 N–H and O–H groups in total. The van der Waals surface area contributed by atoms with E-state index in [0.717, 1.165) is 5.56 Å². The number of nitrogens with zero attached hydrogens (tertiary/aromatic N) is 3. The summed E-state index contributed by atoms with van der Waals surface area (Å²) in [5.41, 5.74) is 8.24. The van der Waals surface area contributed by atoms with Gasteiger partial charge < -0.3 is 63.6 Å². The summed E-state index contributed by atoms with van der Waals surface area (Å²) in [6, 6.07) is 35.9. The van der Waals surface area contributed by atoms with Crippen molar-refractivity contribution in [2.24, 2.45) is 15.0 Å². The van der Waals surface area contributed by atoms with Crippen molar-refractivity contribution in [3.63, 3.8) is 0 Å². The van der Waals surface area contributed by atoms with Gasteiger partial charge in [0, 0.05) is 123 Å². The summed E-state index contributed by atoms with van der Waals surface area (Å²) in [5.74, 6) is 4.55. The molecule has 410 valence electrons. The highest BCUT2D eigenvalue weighted by molar-refractivity contribution is 5.88. The molecule has 8 aromatic carbocycles. The third-order valence-electron chi connectivity index (χ3n) is 13.9. The monoisotopic (exact) mass is 1080 g/mol. The number of aromatic hydroxyl groups is 4. The van der Waals surface area contributed by atoms with Crippen LogP contribution in [0, 0.1) is 0 Å². The molecular weight excluding hydrogens is 1020 g/mol. The highest BCUT2D eigenvalue weighted by Crippen LogP contribution is 2.43. The van der Waals surface area contributed by atoms with E-state index < -0.39 is 0 Å². The Labute approximate surface area is 464 Å². The summed E-state index contributed by atoms with van der Waals surface area (Å²) >= 11 is 0. The SMILES string of the molecule is COc1ccc(OC)c(C=Nc2cc3c(O)c(c2)Cc2cc(N=Cc4cc(OC)ccc4OC)cc(c2O)Cc2cc(NCc4cc(OC)ccc4OC)cc(c2O)Cc2cc(N=Cc4cc(OC)ccc4OC)cc(c2O)C3)c1. The quantitative estimate of drug-likeness (QED) is 0.0426. The largest absolute Gasteiger partial charge is 0.507 e. The lowest BCUT2D eigenvalue weighted by Crippen LogP contribution is -2.05. The normalized spacial score (nSPS) is 12.2. The second-order valence-corrected chi connectivity index (χ2v) is 18.8. The van der Waals surface area contributed by atoms with Crippen molar-refractivity contribution in [1.29, 1.82) is 0 Å². The van der Waals surface area contributed by atoms with E-state index in [1.54, 1.807) is 167 Å². The molecule has 8 bridgehead atoms. The van der Waals surface area contributed by atoms with Crippen LogP contribution in [0.4, 0.5) is 22.7 Å². The zero-order chi connectivity index (χ0) is 56.5. The van der Waals surface area contributed by atoms with Gasteiger partial charge in [-0.15, -0.1) is 0 Å². The van der Waals surface area contributed by atoms with Crippen LogP contribution in [0.2, 0.25) is 0 Å². The molecule has 0 aromatic heterocycles. The summed E-state index contributed by atoms with van der Waals surface area (Å²) < 4.78 is 44.8. The molecule has 1 aliphatic rings. The fraction of sp³-hybridized carbons (Fsp3) is 0.203. The summed E-state index contributed by atoms with van der Waals surface area (Å²) in [6.45, 7) is 0.311. The molecule has 80 heavy (non-hydrogen) atoms. The third-order valence-corrected chi connectivity index (χ3v) is 13.9. The number of hydrogen-bond acceptors (Lipinski definition) is 16. The Morgan fingerprint density at radius 2 is 0.625 bits per heavy atom. The molecule has 0 atom stereocenters. The Kier molecular flexibility index (Phi) is 16.9. The maximum atomic E-state index is 12.5. The fourth-order valence-corrected chi connectivity index (χ4v) is 9.68. The second-order valence-electron chi connectivity index (χ2n) is 18.8. The average molecular weight is 1080 g/mol. The fourth-order valence-electron chi connectivity index (χ4n) is 9.68. The first-order chi connectivity index (χ1) is 38.8. The van der Waals surface area contributed by atoms with Gasteiger partial charge in [0.15, 0.2) is 0 Å². The first-order valence-electron chi connectivity index (χ1n) is 25.5. The lowest BCUT2D eigenvalue weighted by molar-refractivity contribution is 0.399. The van der Waals surface area contributed by atoms with Gasteiger partial charge in [-0.05, 0) is 121 Å². The highest BCUT2D eigenvalue weighted by atomic mass is 16.5. The zero-order valence-electron chi connectivity index (χ0n) is 45.7. The van der Waals surface area contributed by atoms with Crippen molar-refractivity contribution in [3.05, 3.63) is 188 Å². The van der Waals surface area contributed by atoms with Crippen molar-refractivity contribution in [2.75, 3.05) is 62.2 Å². The Morgan fingerprint density at radius 3 is 0.912 bits per heavy atom. The maximum absolute atomic E-state index is 12.5. The number of rotatable bonds is 17. The van der Waals surface area contributed by atoms with E-state index in [2.05, 4.69) is 5.32 Å². The molecule has 0 saturated carbocycles. The van der Waals surface area contributed by atoms with Crippen LogP contribution < -0.4 is 43.2 Å². The topological polar surface area (TPSA) is 204 Å². The lowest BCUT2D eigenvalue weighted by atomic mass is 9.90. The molecule has 0 saturated heterocycles. The lowest BCUT2D eigenvalue weighted by Gasteiger charge is -2.20. The number of anilines is 1. The Balaban J connectivity index is 1.25. The summed E-state index contributed by atoms with van der Waals surface area (Å²) in [6.07, 6.45) is 5.01. The number of phenols is 4. The van der Waals surface area contributed by atoms with Crippen molar-refractivity contribution in [2.45, 2.75) is 32.2 Å². The number of methoxy groups -OCH3 is 8. The van der Waals surface area contributed by atoms with Gasteiger partial charge in [-0.2, -0.15) is 0 Å². The predicted octanol–water partition coefficient (Wildman–Crippen LogP) is 12.1. The molecular formula is C64H62N4O12. The van der Waals surface area contributed by atoms with E-state index in [-0.39, 0.29) is 48.7 Å². The van der Waals surface area contributed by atoms with Gasteiger partial charge in [-0.3, -0.25) is 15.0 Å². The van der Waals surface area contributed by atoms with Crippen LogP contribution in [0.15, 0.2) is 136 Å². The summed E-state index contributed by atoms with van der Waals surface area (Å²) in [5, 5.41) is 53.4. The van der Waals surface area contributed by atoms with Gasteiger partial charge in [-0.25, -0.2) is 0 Å². The standard InChI is InChI=1S/C64H62N4O12/c1-73-53-9-13-57(77-5)45(29-53)33-65-49-21-37-17-39-23-50(66-34-46-30-54(74-2)10-14-58(46)78-6)25-41(62(39)70)19-43-27-52(68-36-48-32-56(76-4)12-16-60(48)80-8)28-44(64(43)72)20-42-26-51(24-40(63(42)71)18-38(22-49)61(37)69)67-35-47-31-55(75-3)11-15-59(47)79-7/h9-16,21-35,68-72H,17-20,36H2,1-8H3. The van der Waals surface area contributed by atoms with E-state index in [9.17, 15) is 20.4 Å². The van der Waals surface area contributed by atoms with Crippen LogP contribution in [0.25, 0.3) is 0 Å². The zero-order valence-corrected chi connectivity index (χ0v) is 45.7. The van der Waals surface area contributed by atoms with Gasteiger partial charge >= 0.3 is 0 Å². The first kappa shape index (κ1) is 54.9. The minimum atomic E-state index is -0.0757. The van der Waals surface area contributed by atoms with E-state index in [4.69, 9.17) is 52.9 Å². The van der Waals surface area contributed by atoms with Crippen LogP contribution in [0.5, 0.6) is 69.0 Å². The van der Waals surface area contributed by atoms with Crippen molar-refractivity contribution in [1.82, 2.24) is 0 Å². The molecule has 0 heterocycles. The molecule has 0 unspecified atom stereocenters. The molecule has 0 spiro atoms. The number of ether oxygens (including phenoxy) is 8. The van der Waals surface area contributed by atoms with Crippen LogP contribution >= 0.6 is 0 Å². The van der Waals surface area contributed by atoms with Crippen molar-refractivity contribution < 1.29 is 58.3 Å². The van der Waals surface area contributed by atoms with E-state index in [1.807, 2.05) is 30.3 Å². The van der Waals surface area contributed by atoms with Crippen molar-refractivity contribution in [3.8, 4) is 69.0 Å². The minimum absolute atomic E-state index is 0.000479. The summed E-state index contributed by atoms with van der Waals surface area (Å²) in [4.78, 5) is 14.8. The number of phenolic OH excluding ortho intramolecular Hbond substituents is 4. The third kappa shape index (κ3) is 12.3. The van der Waals surface area contributed by atoms with Gasteiger partial charge in [0.25, 0.3) is 0 Å². The number of benzene rings is 8. The molecule has 1 aliphatic carbocycles. The van der Waals surface area contributed by atoms with Gasteiger partial charge in [-0.1, -0.05) is 0 Å². The minimum Gasteiger partial charge on any atom is -0.507 e. The van der Waals surface area contributed by atoms with Gasteiger partial charge in [0.1, 0.15) is 69.0 Å². The van der Waals surface area contributed by atoms with E-state index in [1.165, 1.54) is 0 Å². The number of aliphatic imine (C=N–C) groups is 3.